The molecule has 0 saturated heterocycles. The summed E-state index contributed by atoms with van der Waals surface area (Å²) in [5, 5.41) is 1.79. The molecule has 0 amide bonds. The molecule has 2 N–H and O–H groups in total. The van der Waals surface area contributed by atoms with Gasteiger partial charge in [-0.05, 0) is 44.5 Å². The zero-order chi connectivity index (χ0) is 11.7. The average molecular weight is 235 g/mol. The largest absolute Gasteiger partial charge is 0.330 e. The number of aromatic nitrogens is 1. The zero-order valence-electron chi connectivity index (χ0n) is 9.55. The molecule has 0 radical (unpaired) electrons. The van der Waals surface area contributed by atoms with Crippen molar-refractivity contribution in [3.63, 3.8) is 0 Å². The summed E-state index contributed by atoms with van der Waals surface area (Å²) in [6, 6.07) is 6.11. The molecule has 2 nitrogen and oxygen atoms in total. The summed E-state index contributed by atoms with van der Waals surface area (Å²) in [6.07, 6.45) is 0.838. The molecule has 3 heteroatoms. The molecule has 0 saturated carbocycles. The van der Waals surface area contributed by atoms with Crippen LogP contribution in [0.15, 0.2) is 18.2 Å². The molecule has 1 heterocycles. The van der Waals surface area contributed by atoms with Crippen LogP contribution >= 0.6 is 11.6 Å². The minimum Gasteiger partial charge on any atom is -0.330 e. The minimum absolute atomic E-state index is 0.631. The summed E-state index contributed by atoms with van der Waals surface area (Å²) in [4.78, 5) is 4.56. The number of pyridine rings is 1. The van der Waals surface area contributed by atoms with E-state index in [-0.39, 0.29) is 0 Å². The lowest BCUT2D eigenvalue weighted by atomic mass is 10.0. The molecule has 2 aromatic rings. The van der Waals surface area contributed by atoms with Crippen LogP contribution in [0.3, 0.4) is 0 Å². The highest BCUT2D eigenvalue weighted by Crippen LogP contribution is 2.27. The van der Waals surface area contributed by atoms with Crippen molar-refractivity contribution < 1.29 is 0 Å². The first-order valence-electron chi connectivity index (χ1n) is 5.38. The highest BCUT2D eigenvalue weighted by atomic mass is 35.5. The number of halogens is 1. The number of nitrogens with two attached hydrogens (primary N) is 1. The Labute approximate surface area is 100 Å². The van der Waals surface area contributed by atoms with Crippen molar-refractivity contribution in [2.45, 2.75) is 20.3 Å². The van der Waals surface area contributed by atoms with Crippen molar-refractivity contribution in [2.75, 3.05) is 6.54 Å². The molecule has 1 aromatic carbocycles. The zero-order valence-corrected chi connectivity index (χ0v) is 10.3. The number of fused-ring (bicyclic) bond motifs is 1. The van der Waals surface area contributed by atoms with Gasteiger partial charge in [-0.25, -0.2) is 0 Å². The van der Waals surface area contributed by atoms with Crippen molar-refractivity contribution in [1.82, 2.24) is 4.98 Å². The van der Waals surface area contributed by atoms with Crippen LogP contribution in [0.1, 0.15) is 16.8 Å². The monoisotopic (exact) mass is 234 g/mol. The number of benzene rings is 1. The minimum atomic E-state index is 0.631. The molecule has 0 aliphatic rings. The first-order valence-corrected chi connectivity index (χ1v) is 5.76. The van der Waals surface area contributed by atoms with E-state index in [0.717, 1.165) is 28.0 Å². The second-order valence-corrected chi connectivity index (χ2v) is 4.51. The molecule has 0 atom stereocenters. The Balaban J connectivity index is 2.78. The Morgan fingerprint density at radius 1 is 1.25 bits per heavy atom. The topological polar surface area (TPSA) is 38.9 Å². The fraction of sp³-hybridized carbons (Fsp3) is 0.308. The van der Waals surface area contributed by atoms with Gasteiger partial charge in [-0.1, -0.05) is 23.2 Å². The second kappa shape index (κ2) is 4.40. The highest BCUT2D eigenvalue weighted by molar-refractivity contribution is 6.35. The van der Waals surface area contributed by atoms with Gasteiger partial charge in [-0.3, -0.25) is 4.98 Å². The maximum atomic E-state index is 6.24. The summed E-state index contributed by atoms with van der Waals surface area (Å²) >= 11 is 6.24. The van der Waals surface area contributed by atoms with Crippen LogP contribution in [0, 0.1) is 13.8 Å². The van der Waals surface area contributed by atoms with Gasteiger partial charge in [0.25, 0.3) is 0 Å². The van der Waals surface area contributed by atoms with E-state index in [1.165, 1.54) is 11.1 Å². The van der Waals surface area contributed by atoms with Gasteiger partial charge in [0.05, 0.1) is 10.5 Å². The summed E-state index contributed by atoms with van der Waals surface area (Å²) in [7, 11) is 0. The van der Waals surface area contributed by atoms with Crippen LogP contribution in [0.2, 0.25) is 5.02 Å². The molecule has 0 aliphatic heterocycles. The third-order valence-electron chi connectivity index (χ3n) is 2.63. The fourth-order valence-corrected chi connectivity index (χ4v) is 2.29. The summed E-state index contributed by atoms with van der Waals surface area (Å²) in [6.45, 7) is 4.65. The first-order chi connectivity index (χ1) is 7.61. The van der Waals surface area contributed by atoms with Crippen molar-refractivity contribution in [2.24, 2.45) is 5.73 Å². The Hall–Kier alpha value is -1.12. The van der Waals surface area contributed by atoms with Gasteiger partial charge >= 0.3 is 0 Å². The van der Waals surface area contributed by atoms with Crippen LogP contribution < -0.4 is 5.73 Å². The Morgan fingerprint density at radius 2 is 2.00 bits per heavy atom. The predicted octanol–water partition coefficient (Wildman–Crippen LogP) is 3.01. The molecule has 0 fully saturated rings. The van der Waals surface area contributed by atoms with Crippen LogP contribution in [-0.4, -0.2) is 11.5 Å². The number of nitrogens with zero attached hydrogens (tertiary/aromatic N) is 1. The van der Waals surface area contributed by atoms with Crippen molar-refractivity contribution >= 4 is 22.5 Å². The van der Waals surface area contributed by atoms with Crippen molar-refractivity contribution in [1.29, 1.82) is 0 Å². The molecule has 16 heavy (non-hydrogen) atoms. The number of hydrogen-bond donors (Lipinski definition) is 1. The smallest absolute Gasteiger partial charge is 0.0752 e. The lowest BCUT2D eigenvalue weighted by molar-refractivity contribution is 0.970. The Kier molecular flexibility index (Phi) is 3.13. The molecule has 0 bridgehead atoms. The number of aryl methyl sites for hydroxylation is 2. The quantitative estimate of drug-likeness (QED) is 0.868. The van der Waals surface area contributed by atoms with Gasteiger partial charge < -0.3 is 5.73 Å². The maximum Gasteiger partial charge on any atom is 0.0752 e. The third-order valence-corrected chi connectivity index (χ3v) is 2.94. The fourth-order valence-electron chi connectivity index (χ4n) is 1.98. The van der Waals surface area contributed by atoms with Crippen molar-refractivity contribution in [3.05, 3.63) is 40.0 Å². The second-order valence-electron chi connectivity index (χ2n) is 4.10. The Bertz CT molecular complexity index is 535. The molecular weight excluding hydrogens is 220 g/mol. The number of rotatable bonds is 2. The number of hydrogen-bond acceptors (Lipinski definition) is 2. The van der Waals surface area contributed by atoms with Crippen LogP contribution in [0.4, 0.5) is 0 Å². The maximum absolute atomic E-state index is 6.24. The third kappa shape index (κ3) is 2.04. The summed E-state index contributed by atoms with van der Waals surface area (Å²) in [5.74, 6) is 0. The van der Waals surface area contributed by atoms with Crippen LogP contribution in [0.5, 0.6) is 0 Å². The van der Waals surface area contributed by atoms with Gasteiger partial charge in [-0.2, -0.15) is 0 Å². The van der Waals surface area contributed by atoms with Gasteiger partial charge in [0.1, 0.15) is 0 Å². The molecule has 84 valence electrons. The molecule has 1 aromatic heterocycles. The standard InChI is InChI=1S/C13H15ClN2/c1-8-5-10(3-4-15)13-11(6-8)12(14)7-9(2)16-13/h5-7H,3-4,15H2,1-2H3. The van der Waals surface area contributed by atoms with Gasteiger partial charge in [0, 0.05) is 11.1 Å². The highest BCUT2D eigenvalue weighted by Gasteiger charge is 2.07. The lowest BCUT2D eigenvalue weighted by Gasteiger charge is -2.09. The summed E-state index contributed by atoms with van der Waals surface area (Å²) < 4.78 is 0. The van der Waals surface area contributed by atoms with Gasteiger partial charge in [0.15, 0.2) is 0 Å². The SMILES string of the molecule is Cc1cc(CCN)c2nc(C)cc(Cl)c2c1. The van der Waals surface area contributed by atoms with Crippen LogP contribution in [-0.2, 0) is 6.42 Å². The van der Waals surface area contributed by atoms with E-state index in [1.807, 2.05) is 13.0 Å². The summed E-state index contributed by atoms with van der Waals surface area (Å²) in [5.41, 5.74) is 9.93. The van der Waals surface area contributed by atoms with E-state index < -0.39 is 0 Å². The molecule has 2 rings (SSSR count). The van der Waals surface area contributed by atoms with E-state index in [2.05, 4.69) is 24.0 Å². The molecule has 0 aliphatic carbocycles. The van der Waals surface area contributed by atoms with Gasteiger partial charge in [-0.15, -0.1) is 0 Å². The van der Waals surface area contributed by atoms with E-state index in [0.29, 0.717) is 6.54 Å². The van der Waals surface area contributed by atoms with E-state index in [4.69, 9.17) is 17.3 Å². The van der Waals surface area contributed by atoms with Crippen molar-refractivity contribution in [3.8, 4) is 0 Å². The van der Waals surface area contributed by atoms with E-state index >= 15 is 0 Å². The first kappa shape index (κ1) is 11.4. The molecule has 0 unspecified atom stereocenters. The molecular formula is C13H15ClN2. The lowest BCUT2D eigenvalue weighted by Crippen LogP contribution is -2.04. The van der Waals surface area contributed by atoms with E-state index in [1.54, 1.807) is 0 Å². The normalized spacial score (nSPS) is 11.0. The van der Waals surface area contributed by atoms with Crippen LogP contribution in [0.25, 0.3) is 10.9 Å². The predicted molar refractivity (Wildman–Crippen MR) is 69.0 cm³/mol. The van der Waals surface area contributed by atoms with E-state index in [9.17, 15) is 0 Å². The average Bonchev–Trinajstić information content (AvgIpc) is 2.20. The van der Waals surface area contributed by atoms with Gasteiger partial charge in [0.2, 0.25) is 0 Å². The Morgan fingerprint density at radius 3 is 2.69 bits per heavy atom. The molecule has 0 spiro atoms.